The van der Waals surface area contributed by atoms with Gasteiger partial charge in [0.25, 0.3) is 5.56 Å². The number of rotatable bonds is 5. The highest BCUT2D eigenvalue weighted by Crippen LogP contribution is 2.52. The quantitative estimate of drug-likeness (QED) is 0.591. The van der Waals surface area contributed by atoms with E-state index in [0.717, 1.165) is 11.3 Å². The van der Waals surface area contributed by atoms with E-state index in [9.17, 15) is 19.2 Å². The number of nitrogens with zero attached hydrogens (tertiary/aromatic N) is 3. The molecule has 4 atom stereocenters. The largest absolute Gasteiger partial charge is 0.334 e. The maximum Gasteiger partial charge on any atom is 0.258 e. The highest BCUT2D eigenvalue weighted by Gasteiger charge is 2.59. The lowest BCUT2D eigenvalue weighted by atomic mass is 9.85. The third-order valence-corrected chi connectivity index (χ3v) is 6.59. The van der Waals surface area contributed by atoms with Gasteiger partial charge in [-0.1, -0.05) is 24.3 Å². The molecule has 1 aromatic heterocycles. The van der Waals surface area contributed by atoms with Crippen LogP contribution in [0, 0.1) is 23.7 Å². The fourth-order valence-electron chi connectivity index (χ4n) is 5.12. The van der Waals surface area contributed by atoms with Crippen molar-refractivity contribution in [3.63, 3.8) is 0 Å². The van der Waals surface area contributed by atoms with Crippen molar-refractivity contribution in [2.24, 2.45) is 23.7 Å². The number of hydrogen-bond acceptors (Lipinski definition) is 5. The van der Waals surface area contributed by atoms with Gasteiger partial charge in [-0.15, -0.1) is 0 Å². The lowest BCUT2D eigenvalue weighted by Gasteiger charge is -2.24. The van der Waals surface area contributed by atoms with E-state index in [1.165, 1.54) is 4.90 Å². The molecular weight excluding hydrogens is 384 g/mol. The first-order chi connectivity index (χ1) is 14.5. The highest BCUT2D eigenvalue weighted by molar-refractivity contribution is 6.08. The van der Waals surface area contributed by atoms with Crippen LogP contribution >= 0.6 is 0 Å². The average Bonchev–Trinajstić information content (AvgIpc) is 3.42. The van der Waals surface area contributed by atoms with Crippen molar-refractivity contribution in [2.75, 3.05) is 13.1 Å². The summed E-state index contributed by atoms with van der Waals surface area (Å²) in [6, 6.07) is 7.00. The Labute approximate surface area is 172 Å². The fraction of sp³-hybridized carbons (Fsp3) is 0.409. The zero-order chi connectivity index (χ0) is 21.0. The monoisotopic (exact) mass is 406 g/mol. The molecule has 8 heteroatoms. The van der Waals surface area contributed by atoms with Gasteiger partial charge in [0, 0.05) is 6.54 Å². The number of hydrogen-bond donors (Lipinski definition) is 1. The van der Waals surface area contributed by atoms with E-state index < -0.39 is 0 Å². The van der Waals surface area contributed by atoms with Crippen molar-refractivity contribution in [1.29, 1.82) is 0 Å². The number of carbonyl (C=O) groups is 3. The van der Waals surface area contributed by atoms with Gasteiger partial charge in [-0.2, -0.15) is 0 Å². The number of H-pyrrole nitrogens is 1. The minimum absolute atomic E-state index is 0.102. The molecule has 1 aliphatic heterocycles. The van der Waals surface area contributed by atoms with Crippen LogP contribution in [-0.4, -0.2) is 50.6 Å². The van der Waals surface area contributed by atoms with Crippen molar-refractivity contribution >= 4 is 28.6 Å². The number of carbonyl (C=O) groups excluding carboxylic acids is 3. The summed E-state index contributed by atoms with van der Waals surface area (Å²) in [6.07, 6.45) is 4.92. The minimum atomic E-state index is -0.338. The molecule has 0 spiro atoms. The van der Waals surface area contributed by atoms with E-state index in [1.807, 2.05) is 19.1 Å². The second-order valence-electron chi connectivity index (χ2n) is 8.20. The third-order valence-electron chi connectivity index (χ3n) is 6.59. The molecule has 3 amide bonds. The summed E-state index contributed by atoms with van der Waals surface area (Å²) in [5.41, 5.74) is 0.292. The van der Waals surface area contributed by atoms with Gasteiger partial charge in [-0.25, -0.2) is 4.98 Å². The molecule has 154 valence electrons. The van der Waals surface area contributed by atoms with Gasteiger partial charge >= 0.3 is 0 Å². The maximum atomic E-state index is 12.9. The van der Waals surface area contributed by atoms with Gasteiger partial charge in [0.05, 0.1) is 29.3 Å². The third kappa shape index (κ3) is 2.78. The first-order valence-corrected chi connectivity index (χ1v) is 10.3. The van der Waals surface area contributed by atoms with E-state index in [1.54, 1.807) is 24.3 Å². The smallest absolute Gasteiger partial charge is 0.258 e. The average molecular weight is 406 g/mol. The molecule has 2 fully saturated rings. The topological polar surface area (TPSA) is 103 Å². The summed E-state index contributed by atoms with van der Waals surface area (Å²) in [6.45, 7) is 2.01. The molecule has 3 aliphatic rings. The molecule has 1 N–H and O–H groups in total. The van der Waals surface area contributed by atoms with Crippen LogP contribution in [0.5, 0.6) is 0 Å². The SMILES string of the molecule is CCN(Cc1nc2ccccc2c(=O)[nH]1)C(=O)CN1C(=O)[C@@H]2[C@H](C1=O)[C@H]1C=C[C@H]2C1. The summed E-state index contributed by atoms with van der Waals surface area (Å²) in [7, 11) is 0. The molecule has 30 heavy (non-hydrogen) atoms. The molecule has 5 rings (SSSR count). The molecule has 8 nitrogen and oxygen atoms in total. The lowest BCUT2D eigenvalue weighted by Crippen LogP contribution is -2.43. The maximum absolute atomic E-state index is 12.9. The Morgan fingerprint density at radius 2 is 1.80 bits per heavy atom. The van der Waals surface area contributed by atoms with E-state index in [2.05, 4.69) is 9.97 Å². The standard InChI is InChI=1S/C22H22N4O4/c1-2-25(10-16-23-15-6-4-3-5-14(15)20(28)24-16)17(27)11-26-21(29)18-12-7-8-13(9-12)19(18)22(26)30/h3-8,12-13,18-19H,2,9-11H2,1H3,(H,23,24,28)/t12-,13-,18-,19+/m0/s1. The van der Waals surface area contributed by atoms with E-state index in [0.29, 0.717) is 23.3 Å². The lowest BCUT2D eigenvalue weighted by molar-refractivity contribution is -0.147. The molecule has 2 heterocycles. The van der Waals surface area contributed by atoms with Crippen molar-refractivity contribution < 1.29 is 14.4 Å². The fourth-order valence-corrected chi connectivity index (χ4v) is 5.12. The number of fused-ring (bicyclic) bond motifs is 6. The second kappa shape index (κ2) is 6.90. The Morgan fingerprint density at radius 3 is 2.47 bits per heavy atom. The summed E-state index contributed by atoms with van der Waals surface area (Å²) in [5.74, 6) is -0.825. The number of imide groups is 1. The van der Waals surface area contributed by atoms with E-state index >= 15 is 0 Å². The number of likely N-dealkylation sites (N-methyl/N-ethyl adjacent to an activating group) is 1. The Hall–Kier alpha value is -3.29. The molecular formula is C22H22N4O4. The van der Waals surface area contributed by atoms with Crippen molar-refractivity contribution in [3.05, 3.63) is 52.6 Å². The Morgan fingerprint density at radius 1 is 1.13 bits per heavy atom. The zero-order valence-electron chi connectivity index (χ0n) is 16.6. The molecule has 0 radical (unpaired) electrons. The van der Waals surface area contributed by atoms with Gasteiger partial charge in [-0.05, 0) is 37.3 Å². The zero-order valence-corrected chi connectivity index (χ0v) is 16.6. The van der Waals surface area contributed by atoms with Crippen LogP contribution in [0.2, 0.25) is 0 Å². The van der Waals surface area contributed by atoms with Gasteiger partial charge in [0.2, 0.25) is 17.7 Å². The summed E-state index contributed by atoms with van der Waals surface area (Å²) in [4.78, 5) is 60.6. The number of aromatic amines is 1. The van der Waals surface area contributed by atoms with Crippen molar-refractivity contribution in [1.82, 2.24) is 19.8 Å². The molecule has 1 saturated heterocycles. The summed E-state index contributed by atoms with van der Waals surface area (Å²) in [5, 5.41) is 0.485. The number of aromatic nitrogens is 2. The Kier molecular flexibility index (Phi) is 4.30. The van der Waals surface area contributed by atoms with Crippen molar-refractivity contribution in [3.8, 4) is 0 Å². The van der Waals surface area contributed by atoms with Crippen LogP contribution in [-0.2, 0) is 20.9 Å². The summed E-state index contributed by atoms with van der Waals surface area (Å²) < 4.78 is 0. The number of amides is 3. The number of nitrogens with one attached hydrogen (secondary N) is 1. The predicted molar refractivity (Wildman–Crippen MR) is 108 cm³/mol. The summed E-state index contributed by atoms with van der Waals surface area (Å²) >= 11 is 0. The molecule has 2 aliphatic carbocycles. The van der Waals surface area contributed by atoms with Crippen LogP contribution in [0.1, 0.15) is 19.2 Å². The molecule has 0 unspecified atom stereocenters. The van der Waals surface area contributed by atoms with E-state index in [4.69, 9.17) is 0 Å². The molecule has 2 aromatic rings. The Balaban J connectivity index is 1.33. The van der Waals surface area contributed by atoms with Crippen LogP contribution in [0.25, 0.3) is 10.9 Å². The normalized spacial score (nSPS) is 26.6. The number of allylic oxidation sites excluding steroid dienone is 2. The first kappa shape index (κ1) is 18.7. The number of para-hydroxylation sites is 1. The number of benzene rings is 1. The molecule has 2 bridgehead atoms. The first-order valence-electron chi connectivity index (χ1n) is 10.3. The predicted octanol–water partition coefficient (Wildman–Crippen LogP) is 1.08. The van der Waals surface area contributed by atoms with Gasteiger partial charge in [0.1, 0.15) is 12.4 Å². The highest BCUT2D eigenvalue weighted by atomic mass is 16.2. The van der Waals surface area contributed by atoms with Crippen molar-refractivity contribution in [2.45, 2.75) is 19.9 Å². The Bertz CT molecular complexity index is 1120. The van der Waals surface area contributed by atoms with Crippen LogP contribution < -0.4 is 5.56 Å². The second-order valence-corrected chi connectivity index (χ2v) is 8.20. The molecule has 1 saturated carbocycles. The van der Waals surface area contributed by atoms with Crippen LogP contribution in [0.15, 0.2) is 41.2 Å². The van der Waals surface area contributed by atoms with Gasteiger partial charge < -0.3 is 9.88 Å². The molecule has 1 aromatic carbocycles. The van der Waals surface area contributed by atoms with Crippen LogP contribution in [0.3, 0.4) is 0 Å². The van der Waals surface area contributed by atoms with E-state index in [-0.39, 0.29) is 60.0 Å². The number of likely N-dealkylation sites (tertiary alicyclic amines) is 1. The van der Waals surface area contributed by atoms with Gasteiger partial charge in [0.15, 0.2) is 0 Å². The van der Waals surface area contributed by atoms with Gasteiger partial charge in [-0.3, -0.25) is 24.1 Å². The van der Waals surface area contributed by atoms with Crippen LogP contribution in [0.4, 0.5) is 0 Å². The minimum Gasteiger partial charge on any atom is -0.334 e.